The van der Waals surface area contributed by atoms with Crippen molar-refractivity contribution in [3.05, 3.63) is 17.2 Å². The molecular weight excluding hydrogens is 348 g/mol. The summed E-state index contributed by atoms with van der Waals surface area (Å²) in [4.78, 5) is 14.5. The van der Waals surface area contributed by atoms with Crippen LogP contribution in [0.25, 0.3) is 0 Å². The summed E-state index contributed by atoms with van der Waals surface area (Å²) in [5.41, 5.74) is 2.93. The molecule has 0 spiro atoms. The number of benzene rings is 1. The fourth-order valence-corrected chi connectivity index (χ4v) is 3.52. The molecule has 1 amide bonds. The van der Waals surface area contributed by atoms with E-state index < -0.39 is 12.1 Å². The van der Waals surface area contributed by atoms with Gasteiger partial charge in [0.15, 0.2) is 0 Å². The summed E-state index contributed by atoms with van der Waals surface area (Å²) in [6, 6.07) is 1.85. The lowest BCUT2D eigenvalue weighted by Gasteiger charge is -2.34. The molecule has 0 N–H and O–H groups in total. The van der Waals surface area contributed by atoms with E-state index >= 15 is 0 Å². The molecule has 2 aliphatic rings. The molecular formula is C17H20BF3N2O3. The molecule has 3 rings (SSSR count). The number of nitrogens with zero attached hydrogens (tertiary/aromatic N) is 2. The molecule has 5 nitrogen and oxygen atoms in total. The van der Waals surface area contributed by atoms with Crippen LogP contribution in [0.15, 0.2) is 6.07 Å². The molecule has 0 unspecified atom stereocenters. The highest BCUT2D eigenvalue weighted by molar-refractivity contribution is 6.37. The van der Waals surface area contributed by atoms with Gasteiger partial charge in [-0.3, -0.25) is 4.79 Å². The molecule has 0 aromatic heterocycles. The van der Waals surface area contributed by atoms with Gasteiger partial charge in [0.25, 0.3) is 0 Å². The molecule has 0 atom stereocenters. The van der Waals surface area contributed by atoms with Crippen LogP contribution in [0.2, 0.25) is 0 Å². The average Bonchev–Trinajstić information content (AvgIpc) is 2.81. The van der Waals surface area contributed by atoms with Crippen LogP contribution in [0.5, 0.6) is 5.75 Å². The van der Waals surface area contributed by atoms with E-state index in [1.165, 1.54) is 0 Å². The summed E-state index contributed by atoms with van der Waals surface area (Å²) in [5, 5.41) is 0. The minimum Gasteiger partial charge on any atom is -0.490 e. The van der Waals surface area contributed by atoms with Gasteiger partial charge in [-0.05, 0) is 30.0 Å². The number of amides is 1. The molecule has 2 radical (unpaired) electrons. The SMILES string of the molecule is [B]c1c2c(cc3c1N(CCOC)CCO3)CCN(C(=O)C(F)(F)F)CC2. The van der Waals surface area contributed by atoms with E-state index in [9.17, 15) is 18.0 Å². The van der Waals surface area contributed by atoms with Crippen molar-refractivity contribution in [1.29, 1.82) is 0 Å². The zero-order valence-electron chi connectivity index (χ0n) is 14.6. The van der Waals surface area contributed by atoms with E-state index in [0.717, 1.165) is 21.7 Å². The van der Waals surface area contributed by atoms with Crippen molar-refractivity contribution in [3.8, 4) is 5.75 Å². The van der Waals surface area contributed by atoms with Gasteiger partial charge in [0.05, 0.1) is 18.8 Å². The molecule has 140 valence electrons. The van der Waals surface area contributed by atoms with Crippen LogP contribution >= 0.6 is 0 Å². The molecule has 26 heavy (non-hydrogen) atoms. The van der Waals surface area contributed by atoms with E-state index in [4.69, 9.17) is 17.3 Å². The molecule has 2 heterocycles. The Morgan fingerprint density at radius 2 is 2.04 bits per heavy atom. The summed E-state index contributed by atoms with van der Waals surface area (Å²) >= 11 is 0. The predicted octanol–water partition coefficient (Wildman–Crippen LogP) is 0.815. The molecule has 0 saturated heterocycles. The van der Waals surface area contributed by atoms with E-state index in [-0.39, 0.29) is 19.5 Å². The first-order chi connectivity index (χ1) is 12.3. The molecule has 0 saturated carbocycles. The zero-order chi connectivity index (χ0) is 18.9. The predicted molar refractivity (Wildman–Crippen MR) is 91.5 cm³/mol. The maximum absolute atomic E-state index is 12.7. The first-order valence-electron chi connectivity index (χ1n) is 8.50. The fraction of sp³-hybridized carbons (Fsp3) is 0.588. The second kappa shape index (κ2) is 7.38. The third-order valence-corrected chi connectivity index (χ3v) is 4.82. The molecule has 1 aromatic rings. The van der Waals surface area contributed by atoms with Crippen LogP contribution in [0.3, 0.4) is 0 Å². The Morgan fingerprint density at radius 3 is 2.73 bits per heavy atom. The highest BCUT2D eigenvalue weighted by atomic mass is 19.4. The number of rotatable bonds is 3. The molecule has 2 aliphatic heterocycles. The number of ether oxygens (including phenoxy) is 2. The van der Waals surface area contributed by atoms with Crippen LogP contribution in [0, 0.1) is 0 Å². The smallest absolute Gasteiger partial charge is 0.471 e. The lowest BCUT2D eigenvalue weighted by atomic mass is 9.82. The average molecular weight is 368 g/mol. The lowest BCUT2D eigenvalue weighted by Crippen LogP contribution is -2.42. The maximum Gasteiger partial charge on any atom is 0.471 e. The Morgan fingerprint density at radius 1 is 1.31 bits per heavy atom. The summed E-state index contributed by atoms with van der Waals surface area (Å²) < 4.78 is 49.1. The highest BCUT2D eigenvalue weighted by Gasteiger charge is 2.42. The molecule has 9 heteroatoms. The summed E-state index contributed by atoms with van der Waals surface area (Å²) in [5.74, 6) is -1.16. The number of hydrogen-bond donors (Lipinski definition) is 0. The largest absolute Gasteiger partial charge is 0.490 e. The lowest BCUT2D eigenvalue weighted by molar-refractivity contribution is -0.185. The Kier molecular flexibility index (Phi) is 5.36. The normalized spacial score (nSPS) is 17.2. The van der Waals surface area contributed by atoms with E-state index in [2.05, 4.69) is 4.90 Å². The first kappa shape index (κ1) is 18.9. The second-order valence-corrected chi connectivity index (χ2v) is 6.39. The van der Waals surface area contributed by atoms with Crippen molar-refractivity contribution in [2.45, 2.75) is 19.0 Å². The topological polar surface area (TPSA) is 42.0 Å². The van der Waals surface area contributed by atoms with Crippen LogP contribution in [0.1, 0.15) is 11.1 Å². The number of carbonyl (C=O) groups is 1. The molecule has 0 fully saturated rings. The standard InChI is InChI=1S/C17H20BF3N2O3/c1-25-8-6-22-7-9-26-13-10-11-2-4-23(16(24)17(19,20)21)5-3-12(11)14(18)15(13)22/h10H,2-9H2,1H3. The van der Waals surface area contributed by atoms with Crippen molar-refractivity contribution < 1.29 is 27.4 Å². The number of carbonyl (C=O) groups excluding carboxylic acids is 1. The van der Waals surface area contributed by atoms with Crippen molar-refractivity contribution in [1.82, 2.24) is 4.90 Å². The third-order valence-electron chi connectivity index (χ3n) is 4.82. The van der Waals surface area contributed by atoms with E-state index in [1.54, 1.807) is 7.11 Å². The van der Waals surface area contributed by atoms with Gasteiger partial charge in [0.1, 0.15) is 20.2 Å². The Labute approximate surface area is 151 Å². The van der Waals surface area contributed by atoms with Gasteiger partial charge in [-0.15, -0.1) is 0 Å². The Bertz CT molecular complexity index is 697. The van der Waals surface area contributed by atoms with Crippen molar-refractivity contribution in [3.63, 3.8) is 0 Å². The molecule has 0 bridgehead atoms. The van der Waals surface area contributed by atoms with Crippen molar-refractivity contribution >= 4 is 24.9 Å². The molecule has 0 aliphatic carbocycles. The second-order valence-electron chi connectivity index (χ2n) is 6.39. The van der Waals surface area contributed by atoms with Crippen LogP contribution in [-0.2, 0) is 22.4 Å². The van der Waals surface area contributed by atoms with Crippen LogP contribution in [-0.4, -0.2) is 71.3 Å². The van der Waals surface area contributed by atoms with Crippen LogP contribution in [0.4, 0.5) is 18.9 Å². The number of halogens is 3. The van der Waals surface area contributed by atoms with Gasteiger partial charge in [-0.25, -0.2) is 0 Å². The van der Waals surface area contributed by atoms with Gasteiger partial charge in [0, 0.05) is 26.7 Å². The highest BCUT2D eigenvalue weighted by Crippen LogP contribution is 2.34. The summed E-state index contributed by atoms with van der Waals surface area (Å²) in [6.45, 7) is 2.36. The Balaban J connectivity index is 1.89. The number of methoxy groups -OCH3 is 1. The number of hydrogen-bond acceptors (Lipinski definition) is 4. The van der Waals surface area contributed by atoms with Crippen molar-refractivity contribution in [2.24, 2.45) is 0 Å². The summed E-state index contributed by atoms with van der Waals surface area (Å²) in [7, 11) is 7.99. The maximum atomic E-state index is 12.7. The number of fused-ring (bicyclic) bond motifs is 2. The number of anilines is 1. The minimum atomic E-state index is -4.86. The first-order valence-corrected chi connectivity index (χ1v) is 8.50. The van der Waals surface area contributed by atoms with Gasteiger partial charge < -0.3 is 19.3 Å². The minimum absolute atomic E-state index is 0.00669. The van der Waals surface area contributed by atoms with Gasteiger partial charge in [-0.2, -0.15) is 13.2 Å². The van der Waals surface area contributed by atoms with E-state index in [1.807, 2.05) is 6.07 Å². The van der Waals surface area contributed by atoms with Gasteiger partial charge in [0.2, 0.25) is 0 Å². The van der Waals surface area contributed by atoms with E-state index in [0.29, 0.717) is 43.9 Å². The van der Waals surface area contributed by atoms with Gasteiger partial charge in [-0.1, -0.05) is 5.46 Å². The quantitative estimate of drug-likeness (QED) is 0.741. The molecule has 1 aromatic carbocycles. The van der Waals surface area contributed by atoms with Crippen LogP contribution < -0.4 is 15.1 Å². The number of alkyl halides is 3. The van der Waals surface area contributed by atoms with Gasteiger partial charge >= 0.3 is 12.1 Å². The van der Waals surface area contributed by atoms with Crippen molar-refractivity contribution in [2.75, 3.05) is 51.4 Å². The zero-order valence-corrected chi connectivity index (χ0v) is 14.6. The third kappa shape index (κ3) is 3.63. The summed E-state index contributed by atoms with van der Waals surface area (Å²) in [6.07, 6.45) is -4.26. The monoisotopic (exact) mass is 368 g/mol. The fourth-order valence-electron chi connectivity index (χ4n) is 3.52. The Hall–Kier alpha value is -1.90.